The van der Waals surface area contributed by atoms with Crippen molar-refractivity contribution in [2.45, 2.75) is 25.5 Å². The third-order valence-electron chi connectivity index (χ3n) is 2.49. The Morgan fingerprint density at radius 1 is 1.25 bits per heavy atom. The van der Waals surface area contributed by atoms with Gasteiger partial charge in [0.1, 0.15) is 0 Å². The van der Waals surface area contributed by atoms with Crippen LogP contribution in [-0.4, -0.2) is 11.5 Å². The van der Waals surface area contributed by atoms with E-state index < -0.39 is 0 Å². The smallest absolute Gasteiger partial charge is 0.0660 e. The Morgan fingerprint density at radius 3 is 2.38 bits per heavy atom. The van der Waals surface area contributed by atoms with Gasteiger partial charge in [0, 0.05) is 10.2 Å². The van der Waals surface area contributed by atoms with Gasteiger partial charge in [-0.15, -0.1) is 0 Å². The number of hydrogen-bond donors (Lipinski definition) is 1. The van der Waals surface area contributed by atoms with Crippen LogP contribution in [0.25, 0.3) is 0 Å². The largest absolute Gasteiger partial charge is 0.264 e. The summed E-state index contributed by atoms with van der Waals surface area (Å²) in [6.07, 6.45) is 10.2. The van der Waals surface area contributed by atoms with E-state index in [1.54, 1.807) is 6.08 Å². The molecule has 0 saturated carbocycles. The molecular weight excluding hydrogens is 214 g/mol. The average Bonchev–Trinajstić information content (AvgIpc) is 2.19. The Balaban J connectivity index is 3.41. The van der Waals surface area contributed by atoms with E-state index in [9.17, 15) is 0 Å². The lowest BCUT2D eigenvalue weighted by atomic mass is 9.86. The fraction of sp³-hybridized carbons (Fsp3) is 0.357. The minimum absolute atomic E-state index is 0.0525. The second-order valence-corrected chi connectivity index (χ2v) is 5.84. The van der Waals surface area contributed by atoms with E-state index in [0.717, 1.165) is 11.3 Å². The highest BCUT2D eigenvalue weighted by molar-refractivity contribution is 7.82. The van der Waals surface area contributed by atoms with Gasteiger partial charge in [-0.25, -0.2) is 0 Å². The summed E-state index contributed by atoms with van der Waals surface area (Å²) in [7, 11) is 0. The van der Waals surface area contributed by atoms with Crippen LogP contribution < -0.4 is 0 Å². The van der Waals surface area contributed by atoms with Gasteiger partial charge >= 0.3 is 0 Å². The van der Waals surface area contributed by atoms with Crippen LogP contribution in [-0.2, 0) is 0 Å². The summed E-state index contributed by atoms with van der Waals surface area (Å²) in [6, 6.07) is 0. The van der Waals surface area contributed by atoms with Gasteiger partial charge in [0.05, 0.1) is 5.70 Å². The Morgan fingerprint density at radius 2 is 1.88 bits per heavy atom. The first kappa shape index (κ1) is 13.0. The normalized spacial score (nSPS) is 37.0. The van der Waals surface area contributed by atoms with Gasteiger partial charge in [0.15, 0.2) is 0 Å². The minimum atomic E-state index is -0.287. The molecule has 1 atom stereocenters. The number of nitrogens with zero attached hydrogens (tertiary/aromatic N) is 1. The molecule has 1 aliphatic rings. The number of rotatable bonds is 2. The zero-order chi connectivity index (χ0) is 12.4. The second-order valence-electron chi connectivity index (χ2n) is 4.87. The fourth-order valence-corrected chi connectivity index (χ4v) is 1.82. The molecule has 0 bridgehead atoms. The molecule has 1 unspecified atom stereocenters. The molecule has 0 N–H and O–H groups in total. The van der Waals surface area contributed by atoms with Crippen molar-refractivity contribution in [1.82, 2.24) is 0 Å². The molecule has 0 aromatic rings. The summed E-state index contributed by atoms with van der Waals surface area (Å²) in [6.45, 7) is 13.7. The summed E-state index contributed by atoms with van der Waals surface area (Å²) >= 11 is 4.61. The number of allylic oxidation sites excluding steroid dienone is 3. The van der Waals surface area contributed by atoms with Crippen LogP contribution in [0.1, 0.15) is 20.8 Å². The van der Waals surface area contributed by atoms with Crippen LogP contribution >= 0.6 is 12.6 Å². The molecular formula is C14H19NS. The van der Waals surface area contributed by atoms with Crippen molar-refractivity contribution in [2.24, 2.45) is 10.4 Å². The quantitative estimate of drug-likeness (QED) is 0.421. The molecule has 2 heteroatoms. The molecule has 0 aromatic carbocycles. The minimum Gasteiger partial charge on any atom is -0.264 e. The first-order valence-electron chi connectivity index (χ1n) is 5.28. The summed E-state index contributed by atoms with van der Waals surface area (Å²) in [5.41, 5.74) is 1.79. The summed E-state index contributed by atoms with van der Waals surface area (Å²) < 4.78 is -0.287. The van der Waals surface area contributed by atoms with Crippen molar-refractivity contribution >= 4 is 19.3 Å². The molecule has 16 heavy (non-hydrogen) atoms. The maximum atomic E-state index is 4.61. The van der Waals surface area contributed by atoms with Crippen molar-refractivity contribution < 1.29 is 0 Å². The summed E-state index contributed by atoms with van der Waals surface area (Å²) in [5.74, 6) is 0. The first-order chi connectivity index (χ1) is 7.29. The standard InChI is InChI=1S/C14H19NS/c1-6-11-9-14(4,16)8-7-13(2,3)10-12(11)15-5/h6-10,16H,1,5H2,2-4H3/b8-7-,11-9-,12-10+. The average molecular weight is 233 g/mol. The second kappa shape index (κ2) is 4.46. The highest BCUT2D eigenvalue weighted by atomic mass is 32.1. The molecule has 0 amide bonds. The number of aliphatic imine (C=N–C) groups is 1. The van der Waals surface area contributed by atoms with Crippen LogP contribution in [0.15, 0.2) is 53.2 Å². The van der Waals surface area contributed by atoms with Gasteiger partial charge < -0.3 is 0 Å². The van der Waals surface area contributed by atoms with Crippen LogP contribution in [0.2, 0.25) is 0 Å². The van der Waals surface area contributed by atoms with Gasteiger partial charge in [-0.2, -0.15) is 12.6 Å². The maximum absolute atomic E-state index is 4.61. The van der Waals surface area contributed by atoms with Gasteiger partial charge in [-0.3, -0.25) is 4.99 Å². The zero-order valence-corrected chi connectivity index (χ0v) is 11.1. The van der Waals surface area contributed by atoms with Crippen LogP contribution in [0.3, 0.4) is 0 Å². The topological polar surface area (TPSA) is 12.4 Å². The lowest BCUT2D eigenvalue weighted by molar-refractivity contribution is 0.614. The lowest BCUT2D eigenvalue weighted by Crippen LogP contribution is -2.15. The van der Waals surface area contributed by atoms with Crippen LogP contribution in [0.5, 0.6) is 0 Å². The molecule has 0 aliphatic heterocycles. The number of hydrogen-bond acceptors (Lipinski definition) is 2. The van der Waals surface area contributed by atoms with Crippen molar-refractivity contribution in [3.63, 3.8) is 0 Å². The summed E-state index contributed by atoms with van der Waals surface area (Å²) in [5, 5.41) is 0. The third kappa shape index (κ3) is 3.24. The van der Waals surface area contributed by atoms with Crippen molar-refractivity contribution in [3.05, 3.63) is 48.2 Å². The molecule has 0 spiro atoms. The van der Waals surface area contributed by atoms with E-state index in [2.05, 4.69) is 63.0 Å². The highest BCUT2D eigenvalue weighted by Crippen LogP contribution is 2.32. The van der Waals surface area contributed by atoms with E-state index in [1.165, 1.54) is 0 Å². The molecule has 0 radical (unpaired) electrons. The molecule has 86 valence electrons. The van der Waals surface area contributed by atoms with E-state index in [0.29, 0.717) is 0 Å². The van der Waals surface area contributed by atoms with Gasteiger partial charge in [0.2, 0.25) is 0 Å². The molecule has 0 saturated heterocycles. The Bertz CT molecular complexity index is 357. The Hall–Kier alpha value is -1.02. The third-order valence-corrected chi connectivity index (χ3v) is 2.77. The van der Waals surface area contributed by atoms with Crippen molar-refractivity contribution in [2.75, 3.05) is 0 Å². The highest BCUT2D eigenvalue weighted by Gasteiger charge is 2.21. The van der Waals surface area contributed by atoms with Gasteiger partial charge in [-0.1, -0.05) is 44.7 Å². The van der Waals surface area contributed by atoms with Crippen molar-refractivity contribution in [1.29, 1.82) is 0 Å². The molecule has 1 aliphatic carbocycles. The van der Waals surface area contributed by atoms with E-state index >= 15 is 0 Å². The molecule has 1 nitrogen and oxygen atoms in total. The van der Waals surface area contributed by atoms with Gasteiger partial charge in [-0.05, 0) is 25.3 Å². The van der Waals surface area contributed by atoms with Gasteiger partial charge in [0.25, 0.3) is 0 Å². The first-order valence-corrected chi connectivity index (χ1v) is 5.72. The predicted molar refractivity (Wildman–Crippen MR) is 76.2 cm³/mol. The van der Waals surface area contributed by atoms with E-state index in [-0.39, 0.29) is 10.2 Å². The SMILES string of the molecule is C=CC1=C/C(C)(S)/C=C\C(C)(C)/C=C\1N=C. The zero-order valence-electron chi connectivity index (χ0n) is 10.2. The predicted octanol–water partition coefficient (Wildman–Crippen LogP) is 3.97. The van der Waals surface area contributed by atoms with Crippen molar-refractivity contribution in [3.8, 4) is 0 Å². The number of thiol groups is 1. The Kier molecular flexibility index (Phi) is 3.64. The fourth-order valence-electron chi connectivity index (χ4n) is 1.60. The Labute approximate surface area is 104 Å². The molecule has 0 fully saturated rings. The monoisotopic (exact) mass is 233 g/mol. The maximum Gasteiger partial charge on any atom is 0.0660 e. The molecule has 0 aromatic heterocycles. The van der Waals surface area contributed by atoms with Crippen LogP contribution in [0.4, 0.5) is 0 Å². The van der Waals surface area contributed by atoms with E-state index in [1.807, 2.05) is 13.0 Å². The summed E-state index contributed by atoms with van der Waals surface area (Å²) in [4.78, 5) is 4.07. The molecule has 0 heterocycles. The molecule has 1 rings (SSSR count). The van der Waals surface area contributed by atoms with Crippen LogP contribution in [0, 0.1) is 5.41 Å². The lowest BCUT2D eigenvalue weighted by Gasteiger charge is -2.24. The van der Waals surface area contributed by atoms with E-state index in [4.69, 9.17) is 0 Å².